The predicted molar refractivity (Wildman–Crippen MR) is 93.7 cm³/mol. The molecule has 0 spiro atoms. The molecule has 0 unspecified atom stereocenters. The summed E-state index contributed by atoms with van der Waals surface area (Å²) in [5.41, 5.74) is 1.35. The minimum absolute atomic E-state index is 0.0357. The molecule has 0 saturated heterocycles. The van der Waals surface area contributed by atoms with Crippen molar-refractivity contribution in [1.82, 2.24) is 16.0 Å². The lowest BCUT2D eigenvalue weighted by atomic mass is 10.1. The Bertz CT molecular complexity index is 555. The monoisotopic (exact) mass is 329 g/mol. The van der Waals surface area contributed by atoms with Gasteiger partial charge in [0.05, 0.1) is 0 Å². The van der Waals surface area contributed by atoms with E-state index in [9.17, 15) is 9.59 Å². The molecule has 5 heteroatoms. The zero-order chi connectivity index (χ0) is 16.8. The van der Waals surface area contributed by atoms with Gasteiger partial charge in [-0.05, 0) is 36.7 Å². The van der Waals surface area contributed by atoms with E-state index in [-0.39, 0.29) is 11.9 Å². The lowest BCUT2D eigenvalue weighted by Gasteiger charge is -2.12. The molecule has 2 atom stereocenters. The summed E-state index contributed by atoms with van der Waals surface area (Å²) in [7, 11) is 0. The Labute approximate surface area is 143 Å². The molecule has 2 aliphatic rings. The van der Waals surface area contributed by atoms with E-state index in [1.807, 2.05) is 6.07 Å². The normalized spacial score (nSPS) is 22.8. The molecule has 0 aromatic heterocycles. The fourth-order valence-electron chi connectivity index (χ4n) is 3.53. The van der Waals surface area contributed by atoms with Crippen LogP contribution < -0.4 is 16.0 Å². The minimum atomic E-state index is -0.178. The van der Waals surface area contributed by atoms with Crippen LogP contribution in [0.3, 0.4) is 0 Å². The zero-order valence-corrected chi connectivity index (χ0v) is 14.1. The third-order valence-corrected chi connectivity index (χ3v) is 5.03. The molecule has 2 aliphatic carbocycles. The van der Waals surface area contributed by atoms with Gasteiger partial charge in [0.1, 0.15) is 0 Å². The molecule has 1 aromatic carbocycles. The third kappa shape index (κ3) is 4.98. The van der Waals surface area contributed by atoms with Gasteiger partial charge in [0.2, 0.25) is 5.91 Å². The van der Waals surface area contributed by atoms with Crippen LogP contribution in [0.2, 0.25) is 0 Å². The maximum Gasteiger partial charge on any atom is 0.314 e. The predicted octanol–water partition coefficient (Wildman–Crippen LogP) is 2.54. The van der Waals surface area contributed by atoms with Gasteiger partial charge in [-0.15, -0.1) is 0 Å². The first-order valence-corrected chi connectivity index (χ1v) is 9.08. The molecule has 2 fully saturated rings. The summed E-state index contributed by atoms with van der Waals surface area (Å²) in [6.45, 7) is 1.08. The van der Waals surface area contributed by atoms with Crippen molar-refractivity contribution in [2.45, 2.75) is 50.5 Å². The second-order valence-electron chi connectivity index (χ2n) is 6.95. The number of amides is 3. The fourth-order valence-corrected chi connectivity index (χ4v) is 3.53. The third-order valence-electron chi connectivity index (χ3n) is 5.03. The van der Waals surface area contributed by atoms with Crippen molar-refractivity contribution in [2.75, 3.05) is 13.1 Å². The van der Waals surface area contributed by atoms with Crippen molar-refractivity contribution in [3.05, 3.63) is 35.9 Å². The highest BCUT2D eigenvalue weighted by Gasteiger charge is 2.37. The first kappa shape index (κ1) is 16.8. The zero-order valence-electron chi connectivity index (χ0n) is 14.1. The average molecular weight is 329 g/mol. The summed E-state index contributed by atoms with van der Waals surface area (Å²) in [6.07, 6.45) is 6.06. The molecule has 3 N–H and O–H groups in total. The van der Waals surface area contributed by atoms with Gasteiger partial charge < -0.3 is 16.0 Å². The molecule has 24 heavy (non-hydrogen) atoms. The number of hydrogen-bond acceptors (Lipinski definition) is 2. The maximum atomic E-state index is 11.8. The minimum Gasteiger partial charge on any atom is -0.353 e. The van der Waals surface area contributed by atoms with Gasteiger partial charge in [0.15, 0.2) is 0 Å². The Kier molecular flexibility index (Phi) is 5.72. The molecular formula is C19H27N3O2. The average Bonchev–Trinajstić information content (AvgIpc) is 3.20. The van der Waals surface area contributed by atoms with Crippen LogP contribution in [0.1, 0.15) is 50.0 Å². The summed E-state index contributed by atoms with van der Waals surface area (Å²) < 4.78 is 0. The first-order chi connectivity index (χ1) is 11.7. The molecule has 3 rings (SSSR count). The highest BCUT2D eigenvalue weighted by atomic mass is 16.2. The van der Waals surface area contributed by atoms with Crippen molar-refractivity contribution in [1.29, 1.82) is 0 Å². The van der Waals surface area contributed by atoms with Crippen LogP contribution in [0.5, 0.6) is 0 Å². The van der Waals surface area contributed by atoms with Crippen LogP contribution >= 0.6 is 0 Å². The highest BCUT2D eigenvalue weighted by molar-refractivity contribution is 5.78. The van der Waals surface area contributed by atoms with Crippen molar-refractivity contribution >= 4 is 11.9 Å². The second-order valence-corrected chi connectivity index (χ2v) is 6.95. The van der Waals surface area contributed by atoms with Crippen LogP contribution in [0.15, 0.2) is 30.3 Å². The van der Waals surface area contributed by atoms with Crippen molar-refractivity contribution in [3.63, 3.8) is 0 Å². The van der Waals surface area contributed by atoms with Crippen LogP contribution in [0, 0.1) is 5.92 Å². The number of carbonyl (C=O) groups excluding carboxylic acids is 2. The van der Waals surface area contributed by atoms with Crippen molar-refractivity contribution in [2.24, 2.45) is 5.92 Å². The molecular weight excluding hydrogens is 302 g/mol. The summed E-state index contributed by atoms with van der Waals surface area (Å²) >= 11 is 0. The molecule has 0 aliphatic heterocycles. The van der Waals surface area contributed by atoms with Gasteiger partial charge in [0.25, 0.3) is 0 Å². The Balaban J connectivity index is 1.25. The van der Waals surface area contributed by atoms with Gasteiger partial charge >= 0.3 is 6.03 Å². The van der Waals surface area contributed by atoms with Gasteiger partial charge in [-0.2, -0.15) is 0 Å². The van der Waals surface area contributed by atoms with Crippen LogP contribution in [0.25, 0.3) is 0 Å². The van der Waals surface area contributed by atoms with E-state index in [0.29, 0.717) is 37.4 Å². The molecule has 1 aromatic rings. The number of urea groups is 1. The lowest BCUT2D eigenvalue weighted by Crippen LogP contribution is -2.40. The van der Waals surface area contributed by atoms with E-state index in [4.69, 9.17) is 0 Å². The summed E-state index contributed by atoms with van der Waals surface area (Å²) in [5.74, 6) is 1.14. The SMILES string of the molecule is O=C(CCNC(=O)NC[C@H]1C[C@H]1c1ccccc1)NC1CCCC1. The highest BCUT2D eigenvalue weighted by Crippen LogP contribution is 2.46. The number of hydrogen-bond donors (Lipinski definition) is 3. The molecule has 2 saturated carbocycles. The lowest BCUT2D eigenvalue weighted by molar-refractivity contribution is -0.121. The van der Waals surface area contributed by atoms with Crippen LogP contribution in [-0.4, -0.2) is 31.1 Å². The maximum absolute atomic E-state index is 11.8. The van der Waals surface area contributed by atoms with Gasteiger partial charge in [-0.25, -0.2) is 4.79 Å². The Hall–Kier alpha value is -2.04. The van der Waals surface area contributed by atoms with Crippen molar-refractivity contribution in [3.8, 4) is 0 Å². The first-order valence-electron chi connectivity index (χ1n) is 9.08. The number of carbonyl (C=O) groups is 2. The largest absolute Gasteiger partial charge is 0.353 e. The smallest absolute Gasteiger partial charge is 0.314 e. The van der Waals surface area contributed by atoms with Gasteiger partial charge in [-0.1, -0.05) is 43.2 Å². The molecule has 0 bridgehead atoms. The Morgan fingerprint density at radius 1 is 1.04 bits per heavy atom. The molecule has 0 heterocycles. The standard InChI is InChI=1S/C19H27N3O2/c23-18(22-16-8-4-5-9-16)10-11-20-19(24)21-13-15-12-17(15)14-6-2-1-3-7-14/h1-3,6-7,15-17H,4-5,8-13H2,(H,22,23)(H2,20,21,24)/t15-,17+/m1/s1. The van der Waals surface area contributed by atoms with E-state index in [2.05, 4.69) is 40.2 Å². The molecule has 130 valence electrons. The summed E-state index contributed by atoms with van der Waals surface area (Å²) in [4.78, 5) is 23.6. The topological polar surface area (TPSA) is 70.2 Å². The van der Waals surface area contributed by atoms with E-state index in [1.165, 1.54) is 18.4 Å². The second kappa shape index (κ2) is 8.18. The van der Waals surface area contributed by atoms with Crippen LogP contribution in [-0.2, 0) is 4.79 Å². The quantitative estimate of drug-likeness (QED) is 0.719. The molecule has 3 amide bonds. The number of rotatable bonds is 7. The Morgan fingerprint density at radius 3 is 2.54 bits per heavy atom. The van der Waals surface area contributed by atoms with Crippen molar-refractivity contribution < 1.29 is 9.59 Å². The number of benzene rings is 1. The van der Waals surface area contributed by atoms with Gasteiger partial charge in [-0.3, -0.25) is 4.79 Å². The Morgan fingerprint density at radius 2 is 1.79 bits per heavy atom. The fraction of sp³-hybridized carbons (Fsp3) is 0.579. The van der Waals surface area contributed by atoms with E-state index in [0.717, 1.165) is 19.3 Å². The summed E-state index contributed by atoms with van der Waals surface area (Å²) in [6, 6.07) is 10.6. The van der Waals surface area contributed by atoms with Crippen LogP contribution in [0.4, 0.5) is 4.79 Å². The van der Waals surface area contributed by atoms with E-state index in [1.54, 1.807) is 0 Å². The van der Waals surface area contributed by atoms with Gasteiger partial charge in [0, 0.05) is 25.6 Å². The molecule has 5 nitrogen and oxygen atoms in total. The number of nitrogens with one attached hydrogen (secondary N) is 3. The van der Waals surface area contributed by atoms with E-state index < -0.39 is 0 Å². The summed E-state index contributed by atoms with van der Waals surface area (Å²) in [5, 5.41) is 8.70. The molecule has 0 radical (unpaired) electrons. The van der Waals surface area contributed by atoms with E-state index >= 15 is 0 Å².